The number of nitrogens with one attached hydrogen (secondary N) is 1. The number of anilines is 1. The molecular formula is C27H39N6O6P. The van der Waals surface area contributed by atoms with Crippen LogP contribution in [0, 0.1) is 11.3 Å². The van der Waals surface area contributed by atoms with E-state index in [-0.39, 0.29) is 42.2 Å². The minimum absolute atomic E-state index is 0.105. The van der Waals surface area contributed by atoms with Gasteiger partial charge in [-0.3, -0.25) is 9.36 Å². The van der Waals surface area contributed by atoms with Crippen LogP contribution in [-0.2, 0) is 18.8 Å². The monoisotopic (exact) mass is 574 g/mol. The van der Waals surface area contributed by atoms with E-state index >= 15 is 0 Å². The number of para-hydroxylation sites is 1. The average Bonchev–Trinajstić information content (AvgIpc) is 3.48. The van der Waals surface area contributed by atoms with Crippen molar-refractivity contribution in [1.82, 2.24) is 24.6 Å². The molecule has 5 unspecified atom stereocenters. The molecule has 218 valence electrons. The van der Waals surface area contributed by atoms with Crippen LogP contribution in [0.4, 0.5) is 5.95 Å². The van der Waals surface area contributed by atoms with Crippen molar-refractivity contribution in [3.8, 4) is 11.6 Å². The lowest BCUT2D eigenvalue weighted by Gasteiger charge is -2.24. The molecule has 4 rings (SSSR count). The summed E-state index contributed by atoms with van der Waals surface area (Å²) in [6.07, 6.45) is 1.85. The van der Waals surface area contributed by atoms with E-state index in [9.17, 15) is 4.79 Å². The molecule has 5 atom stereocenters. The van der Waals surface area contributed by atoms with Gasteiger partial charge in [0.1, 0.15) is 18.0 Å². The van der Waals surface area contributed by atoms with E-state index in [1.807, 2.05) is 62.6 Å². The minimum Gasteiger partial charge on any atom is -0.476 e. The highest BCUT2D eigenvalue weighted by molar-refractivity contribution is 7.45. The highest BCUT2D eigenvalue weighted by Crippen LogP contribution is 2.40. The van der Waals surface area contributed by atoms with Gasteiger partial charge in [-0.15, -0.1) is 0 Å². The number of benzene rings is 1. The zero-order chi connectivity index (χ0) is 28.9. The lowest BCUT2D eigenvalue weighted by molar-refractivity contribution is -0.148. The van der Waals surface area contributed by atoms with Gasteiger partial charge in [0.05, 0.1) is 32.3 Å². The quantitative estimate of drug-likeness (QED) is 0.231. The summed E-state index contributed by atoms with van der Waals surface area (Å²) in [6.45, 7) is 12.7. The Morgan fingerprint density at radius 1 is 1.27 bits per heavy atom. The first kappa shape index (κ1) is 29.9. The highest BCUT2D eigenvalue weighted by Gasteiger charge is 2.36. The Bertz CT molecular complexity index is 1270. The number of nitrogens with two attached hydrogens (primary N) is 1. The van der Waals surface area contributed by atoms with E-state index in [4.69, 9.17) is 29.0 Å². The SMILES string of the molecule is CCOc1nc(N)nc2c1ncn2C1OC(COP(NC(C)C(=O)OCC(C)(C)C)Oc2ccccc2)CC1C. The second-order valence-electron chi connectivity index (χ2n) is 11.0. The van der Waals surface area contributed by atoms with Gasteiger partial charge in [0.2, 0.25) is 11.8 Å². The van der Waals surface area contributed by atoms with Crippen LogP contribution < -0.4 is 20.1 Å². The average molecular weight is 575 g/mol. The van der Waals surface area contributed by atoms with E-state index in [0.29, 0.717) is 36.0 Å². The Morgan fingerprint density at radius 2 is 2.02 bits per heavy atom. The first-order valence-electron chi connectivity index (χ1n) is 13.4. The molecule has 40 heavy (non-hydrogen) atoms. The van der Waals surface area contributed by atoms with Crippen LogP contribution in [-0.4, -0.2) is 57.5 Å². The van der Waals surface area contributed by atoms with E-state index in [1.165, 1.54) is 0 Å². The Labute approximate surface area is 235 Å². The van der Waals surface area contributed by atoms with Crippen LogP contribution in [0.25, 0.3) is 11.2 Å². The molecule has 3 aromatic rings. The van der Waals surface area contributed by atoms with Crippen molar-refractivity contribution in [2.24, 2.45) is 11.3 Å². The van der Waals surface area contributed by atoms with Gasteiger partial charge in [0.15, 0.2) is 11.2 Å². The van der Waals surface area contributed by atoms with Crippen molar-refractivity contribution in [2.45, 2.75) is 66.3 Å². The van der Waals surface area contributed by atoms with Crippen LogP contribution >= 0.6 is 8.53 Å². The number of imidazole rings is 1. The van der Waals surface area contributed by atoms with E-state index in [1.54, 1.807) is 13.3 Å². The molecule has 13 heteroatoms. The summed E-state index contributed by atoms with van der Waals surface area (Å²) in [6, 6.07) is 8.69. The second-order valence-corrected chi connectivity index (χ2v) is 12.2. The predicted molar refractivity (Wildman–Crippen MR) is 152 cm³/mol. The number of hydrogen-bond acceptors (Lipinski definition) is 11. The zero-order valence-corrected chi connectivity index (χ0v) is 24.8. The zero-order valence-electron chi connectivity index (χ0n) is 23.9. The molecular weight excluding hydrogens is 535 g/mol. The smallest absolute Gasteiger partial charge is 0.323 e. The minimum atomic E-state index is -1.68. The molecule has 0 saturated carbocycles. The fourth-order valence-electron chi connectivity index (χ4n) is 4.14. The maximum Gasteiger partial charge on any atom is 0.323 e. The van der Waals surface area contributed by atoms with Crippen LogP contribution in [0.15, 0.2) is 36.7 Å². The number of rotatable bonds is 12. The van der Waals surface area contributed by atoms with E-state index < -0.39 is 14.6 Å². The molecule has 1 saturated heterocycles. The van der Waals surface area contributed by atoms with Gasteiger partial charge in [-0.25, -0.2) is 10.1 Å². The number of ether oxygens (including phenoxy) is 3. The highest BCUT2D eigenvalue weighted by atomic mass is 31.2. The third-order valence-corrected chi connectivity index (χ3v) is 7.38. The lowest BCUT2D eigenvalue weighted by Crippen LogP contribution is -2.35. The number of nitrogens with zero attached hydrogens (tertiary/aromatic N) is 4. The van der Waals surface area contributed by atoms with Gasteiger partial charge in [-0.1, -0.05) is 45.9 Å². The van der Waals surface area contributed by atoms with Crippen molar-refractivity contribution in [2.75, 3.05) is 25.6 Å². The van der Waals surface area contributed by atoms with Gasteiger partial charge in [-0.05, 0) is 37.8 Å². The molecule has 0 aliphatic carbocycles. The van der Waals surface area contributed by atoms with Crippen LogP contribution in [0.3, 0.4) is 0 Å². The van der Waals surface area contributed by atoms with Crippen molar-refractivity contribution in [1.29, 1.82) is 0 Å². The maximum atomic E-state index is 12.6. The number of carbonyl (C=O) groups is 1. The van der Waals surface area contributed by atoms with Crippen molar-refractivity contribution < 1.29 is 28.1 Å². The first-order valence-corrected chi connectivity index (χ1v) is 14.6. The summed E-state index contributed by atoms with van der Waals surface area (Å²) in [5, 5.41) is 3.15. The van der Waals surface area contributed by atoms with E-state index in [2.05, 4.69) is 27.0 Å². The number of esters is 1. The lowest BCUT2D eigenvalue weighted by atomic mass is 9.99. The Kier molecular flexibility index (Phi) is 9.78. The molecule has 0 bridgehead atoms. The van der Waals surface area contributed by atoms with Gasteiger partial charge < -0.3 is 29.0 Å². The summed E-state index contributed by atoms with van der Waals surface area (Å²) in [7, 11) is -1.68. The summed E-state index contributed by atoms with van der Waals surface area (Å²) < 4.78 is 31.6. The molecule has 0 amide bonds. The van der Waals surface area contributed by atoms with Crippen LogP contribution in [0.1, 0.15) is 54.2 Å². The molecule has 1 aromatic carbocycles. The molecule has 3 heterocycles. The van der Waals surface area contributed by atoms with Crippen molar-refractivity contribution in [3.05, 3.63) is 36.7 Å². The predicted octanol–water partition coefficient (Wildman–Crippen LogP) is 4.62. The molecule has 12 nitrogen and oxygen atoms in total. The molecule has 1 fully saturated rings. The standard InChI is InChI=1S/C27H39N6O6P/c1-7-35-23-21-22(30-26(28)31-23)33(16-29-21)24-17(2)13-20(38-24)14-37-40(39-19-11-9-8-10-12-19)32-18(3)25(34)36-15-27(4,5)6/h8-12,16-18,20,24,32H,7,13-15H2,1-6H3,(H2,28,30,31). The Balaban J connectivity index is 1.42. The third kappa shape index (κ3) is 7.78. The molecule has 3 N–H and O–H groups in total. The van der Waals surface area contributed by atoms with Crippen LogP contribution in [0.5, 0.6) is 11.6 Å². The summed E-state index contributed by atoms with van der Waals surface area (Å²) >= 11 is 0. The number of hydrogen-bond donors (Lipinski definition) is 2. The number of carbonyl (C=O) groups excluding carboxylic acids is 1. The van der Waals surface area contributed by atoms with Crippen molar-refractivity contribution in [3.63, 3.8) is 0 Å². The second kappa shape index (κ2) is 13.1. The molecule has 0 spiro atoms. The van der Waals surface area contributed by atoms with Gasteiger partial charge in [0, 0.05) is 5.92 Å². The fraction of sp³-hybridized carbons (Fsp3) is 0.556. The normalized spacial score (nSPS) is 20.8. The topological polar surface area (TPSA) is 145 Å². The Hall–Kier alpha value is -3.05. The Morgan fingerprint density at radius 3 is 2.73 bits per heavy atom. The number of nitrogen functional groups attached to an aromatic ring is 1. The largest absolute Gasteiger partial charge is 0.476 e. The third-order valence-electron chi connectivity index (χ3n) is 6.02. The molecule has 0 radical (unpaired) electrons. The van der Waals surface area contributed by atoms with Crippen LogP contribution in [0.2, 0.25) is 0 Å². The fourth-order valence-corrected chi connectivity index (χ4v) is 5.35. The van der Waals surface area contributed by atoms with Gasteiger partial charge in [-0.2, -0.15) is 9.97 Å². The van der Waals surface area contributed by atoms with Crippen molar-refractivity contribution >= 4 is 31.6 Å². The van der Waals surface area contributed by atoms with Gasteiger partial charge in [0.25, 0.3) is 0 Å². The number of aromatic nitrogens is 4. The first-order chi connectivity index (χ1) is 19.0. The molecule has 1 aliphatic rings. The molecule has 2 aromatic heterocycles. The summed E-state index contributed by atoms with van der Waals surface area (Å²) in [4.78, 5) is 25.6. The maximum absolute atomic E-state index is 12.6. The summed E-state index contributed by atoms with van der Waals surface area (Å²) in [5.41, 5.74) is 6.88. The molecule has 1 aliphatic heterocycles. The summed E-state index contributed by atoms with van der Waals surface area (Å²) in [5.74, 6) is 0.848. The van der Waals surface area contributed by atoms with Gasteiger partial charge >= 0.3 is 14.5 Å². The number of fused-ring (bicyclic) bond motifs is 1. The van der Waals surface area contributed by atoms with E-state index in [0.717, 1.165) is 6.42 Å².